The molecule has 16 heavy (non-hydrogen) atoms. The van der Waals surface area contributed by atoms with Crippen LogP contribution >= 0.6 is 0 Å². The van der Waals surface area contributed by atoms with Crippen LogP contribution in [-0.4, -0.2) is 18.2 Å². The van der Waals surface area contributed by atoms with Crippen LogP contribution < -0.4 is 5.32 Å². The van der Waals surface area contributed by atoms with Gasteiger partial charge in [0.15, 0.2) is 0 Å². The summed E-state index contributed by atoms with van der Waals surface area (Å²) in [6, 6.07) is 3.10. The maximum Gasteiger partial charge on any atom is 0.131 e. The van der Waals surface area contributed by atoms with Crippen molar-refractivity contribution in [2.45, 2.75) is 12.5 Å². The van der Waals surface area contributed by atoms with Gasteiger partial charge in [-0.2, -0.15) is 0 Å². The summed E-state index contributed by atoms with van der Waals surface area (Å²) in [4.78, 5) is 0. The van der Waals surface area contributed by atoms with Crippen LogP contribution in [0, 0.1) is 24.0 Å². The van der Waals surface area contributed by atoms with Gasteiger partial charge in [0.1, 0.15) is 11.6 Å². The van der Waals surface area contributed by atoms with E-state index in [9.17, 15) is 13.9 Å². The van der Waals surface area contributed by atoms with E-state index in [-0.39, 0.29) is 12.1 Å². The van der Waals surface area contributed by atoms with Crippen LogP contribution in [0.4, 0.5) is 8.78 Å². The molecule has 0 fully saturated rings. The molecule has 1 aromatic rings. The number of benzene rings is 1. The van der Waals surface area contributed by atoms with Gasteiger partial charge < -0.3 is 10.4 Å². The maximum absolute atomic E-state index is 13.2. The van der Waals surface area contributed by atoms with Gasteiger partial charge in [-0.05, 0) is 6.07 Å². The Kier molecular flexibility index (Phi) is 4.90. The highest BCUT2D eigenvalue weighted by Gasteiger charge is 2.12. The molecule has 2 nitrogen and oxygen atoms in total. The number of halogens is 2. The normalized spacial score (nSPS) is 12.1. The summed E-state index contributed by atoms with van der Waals surface area (Å²) in [5, 5.41) is 12.5. The van der Waals surface area contributed by atoms with E-state index < -0.39 is 17.7 Å². The summed E-state index contributed by atoms with van der Waals surface area (Å²) >= 11 is 0. The van der Waals surface area contributed by atoms with Gasteiger partial charge in [-0.15, -0.1) is 12.3 Å². The van der Waals surface area contributed by atoms with Crippen LogP contribution in [0.3, 0.4) is 0 Å². The number of aliphatic hydroxyl groups is 1. The number of nitrogens with one attached hydrogen (secondary N) is 1. The summed E-state index contributed by atoms with van der Waals surface area (Å²) in [6.45, 7) is 0.737. The predicted molar refractivity (Wildman–Crippen MR) is 57.6 cm³/mol. The molecule has 0 aliphatic rings. The molecule has 0 radical (unpaired) electrons. The summed E-state index contributed by atoms with van der Waals surface area (Å²) in [6.07, 6.45) is 4.58. The lowest BCUT2D eigenvalue weighted by Crippen LogP contribution is -2.22. The molecule has 4 heteroatoms. The zero-order chi connectivity index (χ0) is 12.0. The molecule has 1 rings (SSSR count). The summed E-state index contributed by atoms with van der Waals surface area (Å²) < 4.78 is 25.8. The molecule has 0 amide bonds. The lowest BCUT2D eigenvalue weighted by Gasteiger charge is -2.12. The van der Waals surface area contributed by atoms with Crippen LogP contribution in [-0.2, 0) is 0 Å². The first-order chi connectivity index (χ1) is 7.65. The second-order valence-electron chi connectivity index (χ2n) is 3.34. The Balaban J connectivity index is 2.53. The summed E-state index contributed by atoms with van der Waals surface area (Å²) in [5.41, 5.74) is 0.0783. The molecular weight excluding hydrogens is 212 g/mol. The van der Waals surface area contributed by atoms with Gasteiger partial charge >= 0.3 is 0 Å². The van der Waals surface area contributed by atoms with Crippen molar-refractivity contribution in [1.82, 2.24) is 5.32 Å². The van der Waals surface area contributed by atoms with Gasteiger partial charge in [-0.25, -0.2) is 8.78 Å². The third kappa shape index (κ3) is 3.61. The quantitative estimate of drug-likeness (QED) is 0.589. The Morgan fingerprint density at radius 3 is 2.81 bits per heavy atom. The first kappa shape index (κ1) is 12.6. The van der Waals surface area contributed by atoms with E-state index in [2.05, 4.69) is 11.2 Å². The molecule has 1 atom stereocenters. The van der Waals surface area contributed by atoms with Crippen molar-refractivity contribution in [2.24, 2.45) is 0 Å². The largest absolute Gasteiger partial charge is 0.387 e. The second kappa shape index (κ2) is 6.21. The number of rotatable bonds is 5. The Hall–Kier alpha value is -1.44. The van der Waals surface area contributed by atoms with E-state index in [1.54, 1.807) is 0 Å². The van der Waals surface area contributed by atoms with Crippen molar-refractivity contribution >= 4 is 0 Å². The van der Waals surface area contributed by atoms with Crippen molar-refractivity contribution in [2.75, 3.05) is 13.1 Å². The minimum atomic E-state index is -1.00. The fourth-order valence-electron chi connectivity index (χ4n) is 1.28. The monoisotopic (exact) mass is 225 g/mol. The molecular formula is C12H13F2NO. The summed E-state index contributed by atoms with van der Waals surface area (Å²) in [7, 11) is 0. The molecule has 0 spiro atoms. The number of hydrogen-bond donors (Lipinski definition) is 2. The van der Waals surface area contributed by atoms with Crippen LogP contribution in [0.5, 0.6) is 0 Å². The zero-order valence-corrected chi connectivity index (χ0v) is 8.71. The van der Waals surface area contributed by atoms with Gasteiger partial charge in [0.25, 0.3) is 0 Å². The third-order valence-corrected chi connectivity index (χ3v) is 2.11. The van der Waals surface area contributed by atoms with E-state index in [0.29, 0.717) is 13.0 Å². The Morgan fingerprint density at radius 2 is 2.19 bits per heavy atom. The summed E-state index contributed by atoms with van der Waals surface area (Å²) in [5.74, 6) is 1.03. The van der Waals surface area contributed by atoms with Crippen LogP contribution in [0.2, 0.25) is 0 Å². The number of aliphatic hydroxyl groups excluding tert-OH is 1. The van der Waals surface area contributed by atoms with Crippen LogP contribution in [0.15, 0.2) is 18.2 Å². The lowest BCUT2D eigenvalue weighted by atomic mass is 10.1. The fraction of sp³-hybridized carbons (Fsp3) is 0.333. The van der Waals surface area contributed by atoms with Crippen molar-refractivity contribution < 1.29 is 13.9 Å². The first-order valence-corrected chi connectivity index (χ1v) is 4.92. The van der Waals surface area contributed by atoms with E-state index in [1.807, 2.05) is 0 Å². The standard InChI is InChI=1S/C12H13F2NO/c1-2-3-6-15-8-12(16)10-5-4-9(13)7-11(10)14/h1,4-5,7,12,15-16H,3,6,8H2. The van der Waals surface area contributed by atoms with E-state index in [0.717, 1.165) is 12.1 Å². The Labute approximate surface area is 93.3 Å². The van der Waals surface area contributed by atoms with Gasteiger partial charge in [-0.1, -0.05) is 6.07 Å². The zero-order valence-electron chi connectivity index (χ0n) is 8.71. The predicted octanol–water partition coefficient (Wildman–Crippen LogP) is 1.61. The topological polar surface area (TPSA) is 32.3 Å². The maximum atomic E-state index is 13.2. The molecule has 0 saturated carbocycles. The average Bonchev–Trinajstić information content (AvgIpc) is 2.24. The van der Waals surface area contributed by atoms with Crippen molar-refractivity contribution in [3.05, 3.63) is 35.4 Å². The second-order valence-corrected chi connectivity index (χ2v) is 3.34. The molecule has 1 unspecified atom stereocenters. The van der Waals surface area contributed by atoms with Gasteiger partial charge in [-0.3, -0.25) is 0 Å². The molecule has 0 bridgehead atoms. The van der Waals surface area contributed by atoms with E-state index >= 15 is 0 Å². The first-order valence-electron chi connectivity index (χ1n) is 4.92. The van der Waals surface area contributed by atoms with E-state index in [4.69, 9.17) is 6.42 Å². The smallest absolute Gasteiger partial charge is 0.131 e. The van der Waals surface area contributed by atoms with Crippen LogP contribution in [0.1, 0.15) is 18.1 Å². The highest BCUT2D eigenvalue weighted by atomic mass is 19.1. The molecule has 0 heterocycles. The highest BCUT2D eigenvalue weighted by molar-refractivity contribution is 5.21. The molecule has 1 aromatic carbocycles. The van der Waals surface area contributed by atoms with Gasteiger partial charge in [0.2, 0.25) is 0 Å². The van der Waals surface area contributed by atoms with Gasteiger partial charge in [0, 0.05) is 31.1 Å². The third-order valence-electron chi connectivity index (χ3n) is 2.11. The van der Waals surface area contributed by atoms with E-state index in [1.165, 1.54) is 6.07 Å². The van der Waals surface area contributed by atoms with Gasteiger partial charge in [0.05, 0.1) is 6.10 Å². The molecule has 0 aliphatic heterocycles. The Bertz CT molecular complexity index is 387. The Morgan fingerprint density at radius 1 is 1.44 bits per heavy atom. The van der Waals surface area contributed by atoms with Crippen molar-refractivity contribution in [1.29, 1.82) is 0 Å². The minimum Gasteiger partial charge on any atom is -0.387 e. The molecule has 0 aliphatic carbocycles. The lowest BCUT2D eigenvalue weighted by molar-refractivity contribution is 0.170. The number of terminal acetylenes is 1. The SMILES string of the molecule is C#CCCNCC(O)c1ccc(F)cc1F. The molecule has 2 N–H and O–H groups in total. The molecule has 0 saturated heterocycles. The van der Waals surface area contributed by atoms with Crippen molar-refractivity contribution in [3.63, 3.8) is 0 Å². The molecule has 86 valence electrons. The average molecular weight is 225 g/mol. The van der Waals surface area contributed by atoms with Crippen molar-refractivity contribution in [3.8, 4) is 12.3 Å². The molecule has 0 aromatic heterocycles. The number of hydrogen-bond acceptors (Lipinski definition) is 2. The highest BCUT2D eigenvalue weighted by Crippen LogP contribution is 2.17. The van der Waals surface area contributed by atoms with Crippen LogP contribution in [0.25, 0.3) is 0 Å². The fourth-order valence-corrected chi connectivity index (χ4v) is 1.28. The minimum absolute atomic E-state index is 0.0783.